The van der Waals surface area contributed by atoms with Gasteiger partial charge in [0.2, 0.25) is 35.4 Å². The van der Waals surface area contributed by atoms with E-state index in [-0.39, 0.29) is 36.6 Å². The Morgan fingerprint density at radius 1 is 0.850 bits per heavy atom. The van der Waals surface area contributed by atoms with Crippen LogP contribution in [0.5, 0.6) is 5.75 Å². The number of phenols is 1. The third kappa shape index (κ3) is 15.5. The molecule has 0 saturated carbocycles. The lowest BCUT2D eigenvalue weighted by Gasteiger charge is -2.30. The maximum Gasteiger partial charge on any atom is 0.328 e. The molecule has 9 N–H and O–H groups in total. The van der Waals surface area contributed by atoms with Gasteiger partial charge in [0.15, 0.2) is 0 Å². The van der Waals surface area contributed by atoms with Crippen molar-refractivity contribution >= 4 is 53.3 Å². The summed E-state index contributed by atoms with van der Waals surface area (Å²) < 4.78 is 5.70. The van der Waals surface area contributed by atoms with Gasteiger partial charge in [0.25, 0.3) is 5.91 Å². The lowest BCUT2D eigenvalue weighted by Crippen LogP contribution is -2.62. The fraction of sp³-hybridized carbons (Fsp3) is 0.537. The number of cyclic esters (lactones) is 1. The van der Waals surface area contributed by atoms with Gasteiger partial charge in [0.1, 0.15) is 53.8 Å². The van der Waals surface area contributed by atoms with Crippen LogP contribution in [-0.2, 0) is 54.3 Å². The molecule has 1 aromatic rings. The number of phenolic OH excluding ortho intramolecular Hbond substituents is 1. The Kier molecular flexibility index (Phi) is 19.4. The molecule has 0 radical (unpaired) electrons. The number of allylic oxidation sites excluding steroid dienone is 2. The van der Waals surface area contributed by atoms with Gasteiger partial charge in [-0.25, -0.2) is 4.79 Å². The van der Waals surface area contributed by atoms with Crippen molar-refractivity contribution in [1.29, 1.82) is 0 Å². The summed E-state index contributed by atoms with van der Waals surface area (Å²) in [6.07, 6.45) is 0.231. The summed E-state index contributed by atoms with van der Waals surface area (Å²) in [5.41, 5.74) is 0.498. The van der Waals surface area contributed by atoms with E-state index in [9.17, 15) is 53.4 Å². The number of carbonyl (C=O) groups excluding carboxylic acids is 8. The number of nitrogens with one attached hydrogen (secondary N) is 7. The van der Waals surface area contributed by atoms with Crippen LogP contribution in [0, 0.1) is 11.8 Å². The Hall–Kier alpha value is -6.27. The second-order valence-corrected chi connectivity index (χ2v) is 15.3. The van der Waals surface area contributed by atoms with Crippen LogP contribution in [0.15, 0.2) is 47.7 Å². The van der Waals surface area contributed by atoms with Gasteiger partial charge in [-0.05, 0) is 77.0 Å². The number of rotatable bonds is 14. The fourth-order valence-corrected chi connectivity index (χ4v) is 5.84. The number of carboxylic acids is 1. The van der Waals surface area contributed by atoms with Gasteiger partial charge in [0.05, 0.1) is 0 Å². The molecule has 19 heteroatoms. The lowest BCUT2D eigenvalue weighted by molar-refractivity contribution is -0.156. The van der Waals surface area contributed by atoms with Crippen molar-refractivity contribution < 1.29 is 58.1 Å². The van der Waals surface area contributed by atoms with E-state index in [4.69, 9.17) is 4.74 Å². The molecule has 1 heterocycles. The number of esters is 1. The van der Waals surface area contributed by atoms with E-state index in [0.717, 1.165) is 0 Å². The average molecular weight is 842 g/mol. The van der Waals surface area contributed by atoms with Crippen molar-refractivity contribution in [3.8, 4) is 5.75 Å². The first-order valence-electron chi connectivity index (χ1n) is 19.7. The Morgan fingerprint density at radius 3 is 2.03 bits per heavy atom. The number of hydrogen-bond donors (Lipinski definition) is 9. The van der Waals surface area contributed by atoms with Gasteiger partial charge in [-0.15, -0.1) is 0 Å². The second kappa shape index (κ2) is 23.4. The number of benzene rings is 1. The molecule has 1 fully saturated rings. The Morgan fingerprint density at radius 2 is 1.48 bits per heavy atom. The molecule has 330 valence electrons. The first kappa shape index (κ1) is 49.9. The van der Waals surface area contributed by atoms with Crippen molar-refractivity contribution in [1.82, 2.24) is 37.2 Å². The second-order valence-electron chi connectivity index (χ2n) is 15.3. The van der Waals surface area contributed by atoms with Gasteiger partial charge >= 0.3 is 11.9 Å². The molecule has 1 aliphatic heterocycles. The predicted molar refractivity (Wildman–Crippen MR) is 217 cm³/mol. The van der Waals surface area contributed by atoms with Crippen LogP contribution in [0.25, 0.3) is 0 Å². The average Bonchev–Trinajstić information content (AvgIpc) is 3.17. The first-order chi connectivity index (χ1) is 28.1. The van der Waals surface area contributed by atoms with Gasteiger partial charge < -0.3 is 52.2 Å². The molecule has 0 spiro atoms. The number of carbonyl (C=O) groups is 9. The number of ether oxygens (including phenoxy) is 1. The zero-order valence-electron chi connectivity index (χ0n) is 35.5. The van der Waals surface area contributed by atoms with Crippen molar-refractivity contribution in [3.63, 3.8) is 0 Å². The van der Waals surface area contributed by atoms with Crippen LogP contribution in [0.3, 0.4) is 0 Å². The maximum absolute atomic E-state index is 14.3. The molecule has 60 heavy (non-hydrogen) atoms. The monoisotopic (exact) mass is 841 g/mol. The molecule has 7 atom stereocenters. The largest absolute Gasteiger partial charge is 0.508 e. The molecule has 19 nitrogen and oxygen atoms in total. The summed E-state index contributed by atoms with van der Waals surface area (Å²) in [5, 5.41) is 36.8. The van der Waals surface area contributed by atoms with Crippen LogP contribution in [0.1, 0.15) is 87.1 Å². The number of amides is 7. The minimum absolute atomic E-state index is 0.00911. The fourth-order valence-electron chi connectivity index (χ4n) is 5.84. The van der Waals surface area contributed by atoms with Crippen LogP contribution in [0.4, 0.5) is 0 Å². The third-order valence-corrected chi connectivity index (χ3v) is 9.51. The summed E-state index contributed by atoms with van der Waals surface area (Å²) in [6, 6.07) is -2.70. The molecule has 2 rings (SSSR count). The van der Waals surface area contributed by atoms with Gasteiger partial charge in [-0.3, -0.25) is 38.4 Å². The summed E-state index contributed by atoms with van der Waals surface area (Å²) in [7, 11) is 0. The Balaban J connectivity index is 2.63. The lowest BCUT2D eigenvalue weighted by atomic mass is 10.00. The molecule has 1 aromatic carbocycles. The molecule has 1 aliphatic rings. The maximum atomic E-state index is 14.3. The van der Waals surface area contributed by atoms with E-state index in [0.29, 0.717) is 11.1 Å². The van der Waals surface area contributed by atoms with E-state index in [2.05, 4.69) is 37.2 Å². The summed E-state index contributed by atoms with van der Waals surface area (Å²) in [6.45, 7) is 14.1. The number of carboxylic acid groups (broad SMARTS) is 1. The predicted octanol–water partition coefficient (Wildman–Crippen LogP) is 0.362. The van der Waals surface area contributed by atoms with Crippen LogP contribution in [0.2, 0.25) is 0 Å². The molecule has 0 aromatic heterocycles. The molecule has 7 unspecified atom stereocenters. The summed E-state index contributed by atoms with van der Waals surface area (Å²) in [5.74, 6) is -8.98. The third-order valence-electron chi connectivity index (χ3n) is 9.51. The number of hydrogen-bond acceptors (Lipinski definition) is 11. The van der Waals surface area contributed by atoms with E-state index >= 15 is 0 Å². The van der Waals surface area contributed by atoms with E-state index in [1.54, 1.807) is 47.6 Å². The highest BCUT2D eigenvalue weighted by molar-refractivity contribution is 6.02. The van der Waals surface area contributed by atoms with Gasteiger partial charge in [0, 0.05) is 18.4 Å². The SMILES string of the molecule is CC=C(C)C(=O)NC(C(=O)NC(Cc1ccc(O)cc1)C(=O)NC1C(=O)NC(C)C(=O)NC(=CC)C(=O)NC(CCC(=O)O)C(=O)NC(CC(C)C)C(=O)OC1C)C(C)C. The van der Waals surface area contributed by atoms with E-state index in [1.165, 1.54) is 51.1 Å². The summed E-state index contributed by atoms with van der Waals surface area (Å²) >= 11 is 0. The van der Waals surface area contributed by atoms with Crippen LogP contribution >= 0.6 is 0 Å². The molecular formula is C41H59N7O12. The molecule has 0 bridgehead atoms. The van der Waals surface area contributed by atoms with E-state index < -0.39 is 108 Å². The van der Waals surface area contributed by atoms with Crippen molar-refractivity contribution in [2.75, 3.05) is 0 Å². The highest BCUT2D eigenvalue weighted by Gasteiger charge is 2.38. The van der Waals surface area contributed by atoms with Crippen LogP contribution in [-0.4, -0.2) is 106 Å². The molecular weight excluding hydrogens is 782 g/mol. The van der Waals surface area contributed by atoms with Crippen molar-refractivity contribution in [3.05, 3.63) is 53.3 Å². The highest BCUT2D eigenvalue weighted by atomic mass is 16.5. The normalized spacial score (nSPS) is 22.7. The van der Waals surface area contributed by atoms with Gasteiger partial charge in [-0.2, -0.15) is 0 Å². The minimum atomic E-state index is -1.73. The smallest absolute Gasteiger partial charge is 0.328 e. The standard InChI is InChI=1S/C41H59N7O12/c1-10-22(7)34(52)47-32(21(5)6)39(57)45-29(19-25-12-14-26(49)15-13-25)38(56)48-33-24(9)60-41(59)30(18-20(3)4)46-37(55)28(16-17-31(50)51)44-36(54)27(11-2)43-35(53)23(8)42-40(33)58/h10-15,20-21,23-24,28-30,32-33,49H,16-19H2,1-9H3,(H,42,58)(H,43,53)(H,44,54)(H,45,57)(H,46,55)(H,47,52)(H,48,56)(H,50,51). The number of aromatic hydroxyl groups is 1. The molecule has 7 amide bonds. The summed E-state index contributed by atoms with van der Waals surface area (Å²) in [4.78, 5) is 120. The first-order valence-corrected chi connectivity index (χ1v) is 19.7. The van der Waals surface area contributed by atoms with Crippen molar-refractivity contribution in [2.24, 2.45) is 11.8 Å². The minimum Gasteiger partial charge on any atom is -0.508 e. The zero-order chi connectivity index (χ0) is 45.4. The zero-order valence-corrected chi connectivity index (χ0v) is 35.5. The quantitative estimate of drug-likeness (QED) is 0.0907. The topological polar surface area (TPSA) is 288 Å². The Labute approximate surface area is 349 Å². The highest BCUT2D eigenvalue weighted by Crippen LogP contribution is 2.15. The Bertz CT molecular complexity index is 1830. The van der Waals surface area contributed by atoms with Crippen LogP contribution < -0.4 is 37.2 Å². The van der Waals surface area contributed by atoms with Crippen molar-refractivity contribution in [2.45, 2.75) is 130 Å². The molecule has 0 aliphatic carbocycles. The van der Waals surface area contributed by atoms with E-state index in [1.807, 2.05) is 0 Å². The molecule has 1 saturated heterocycles. The van der Waals surface area contributed by atoms with Gasteiger partial charge in [-0.1, -0.05) is 52.0 Å². The number of aliphatic carboxylic acids is 1.